The number of alkyl halides is 3. The summed E-state index contributed by atoms with van der Waals surface area (Å²) in [5.74, 6) is -3.43. The van der Waals surface area contributed by atoms with Crippen LogP contribution in [0.2, 0.25) is 0 Å². The van der Waals surface area contributed by atoms with Crippen LogP contribution in [0.15, 0.2) is 35.4 Å². The third-order valence-electron chi connectivity index (χ3n) is 5.38. The third-order valence-corrected chi connectivity index (χ3v) is 6.90. The van der Waals surface area contributed by atoms with Gasteiger partial charge in [0.25, 0.3) is 10.0 Å². The molecular formula is C23H28F3N3O6S. The number of rotatable bonds is 5. The summed E-state index contributed by atoms with van der Waals surface area (Å²) in [6.45, 7) is 5.17. The fourth-order valence-corrected chi connectivity index (χ4v) is 4.94. The first-order valence-corrected chi connectivity index (χ1v) is 12.6. The molecule has 3 rings (SSSR count). The lowest BCUT2D eigenvalue weighted by molar-refractivity contribution is -0.192. The molecule has 1 aromatic heterocycles. The van der Waals surface area contributed by atoms with Crippen LogP contribution in [0, 0.1) is 13.8 Å². The number of hydrogen-bond acceptors (Lipinski definition) is 6. The van der Waals surface area contributed by atoms with Crippen molar-refractivity contribution in [3.05, 3.63) is 47.2 Å². The first kappa shape index (κ1) is 28.9. The molecular weight excluding hydrogens is 503 g/mol. The molecule has 13 heteroatoms. The topological polar surface area (TPSA) is 137 Å². The number of carbonyl (C=O) groups is 2. The van der Waals surface area contributed by atoms with Crippen LogP contribution in [0.5, 0.6) is 0 Å². The Morgan fingerprint density at radius 1 is 1.00 bits per heavy atom. The van der Waals surface area contributed by atoms with E-state index in [0.717, 1.165) is 44.3 Å². The molecule has 0 unspecified atom stereocenters. The number of carboxylic acids is 2. The van der Waals surface area contributed by atoms with Crippen LogP contribution >= 0.6 is 0 Å². The van der Waals surface area contributed by atoms with Crippen molar-refractivity contribution in [2.45, 2.75) is 57.0 Å². The number of carboxylic acid groups (broad SMARTS) is 2. The number of halogens is 3. The van der Waals surface area contributed by atoms with Gasteiger partial charge in [0.2, 0.25) is 0 Å². The maximum Gasteiger partial charge on any atom is 0.490 e. The standard InChI is InChI=1S/C21H27N3O4S.C2HF3O2/c1-15-8-9-19(16(2)12-15)29(27,28)23-18-13-17(21(25)26)14-22-20(18)24-10-6-4-3-5-7-11-24;3-2(4,5)1(6)7/h8-9,12-14,23H,3-7,10-11H2,1-2H3,(H,25,26);(H,6,7). The second-order valence-electron chi connectivity index (χ2n) is 8.33. The molecule has 1 aliphatic rings. The number of nitrogens with zero attached hydrogens (tertiary/aromatic N) is 2. The van der Waals surface area contributed by atoms with Crippen molar-refractivity contribution in [1.82, 2.24) is 4.98 Å². The van der Waals surface area contributed by atoms with Crippen molar-refractivity contribution >= 4 is 33.5 Å². The molecule has 0 amide bonds. The van der Waals surface area contributed by atoms with Gasteiger partial charge in [0.1, 0.15) is 0 Å². The van der Waals surface area contributed by atoms with Gasteiger partial charge in [-0.1, -0.05) is 37.0 Å². The molecule has 1 fully saturated rings. The third kappa shape index (κ3) is 8.11. The van der Waals surface area contributed by atoms with Gasteiger partial charge in [0, 0.05) is 19.3 Å². The van der Waals surface area contributed by atoms with E-state index in [9.17, 15) is 31.5 Å². The van der Waals surface area contributed by atoms with Gasteiger partial charge in [0.15, 0.2) is 5.82 Å². The minimum absolute atomic E-state index is 0.0564. The van der Waals surface area contributed by atoms with Crippen LogP contribution in [0.4, 0.5) is 24.7 Å². The first-order valence-electron chi connectivity index (χ1n) is 11.1. The number of aryl methyl sites for hydroxylation is 2. The molecule has 0 bridgehead atoms. The van der Waals surface area contributed by atoms with Crippen molar-refractivity contribution < 1.29 is 41.4 Å². The van der Waals surface area contributed by atoms with Gasteiger partial charge < -0.3 is 15.1 Å². The zero-order valence-electron chi connectivity index (χ0n) is 19.8. The van der Waals surface area contributed by atoms with Gasteiger partial charge in [-0.05, 0) is 44.4 Å². The number of benzene rings is 1. The van der Waals surface area contributed by atoms with E-state index in [1.54, 1.807) is 25.1 Å². The van der Waals surface area contributed by atoms with Crippen LogP contribution in [0.3, 0.4) is 0 Å². The quantitative estimate of drug-likeness (QED) is 0.509. The predicted octanol–water partition coefficient (Wildman–Crippen LogP) is 4.60. The summed E-state index contributed by atoms with van der Waals surface area (Å²) in [4.78, 5) is 26.9. The Hall–Kier alpha value is -3.35. The number of pyridine rings is 1. The Morgan fingerprint density at radius 3 is 2.06 bits per heavy atom. The number of nitrogens with one attached hydrogen (secondary N) is 1. The lowest BCUT2D eigenvalue weighted by Gasteiger charge is -2.28. The summed E-state index contributed by atoms with van der Waals surface area (Å²) >= 11 is 0. The van der Waals surface area contributed by atoms with E-state index in [2.05, 4.69) is 9.71 Å². The van der Waals surface area contributed by atoms with E-state index in [-0.39, 0.29) is 16.1 Å². The number of aromatic carboxylic acids is 1. The number of aliphatic carboxylic acids is 1. The Balaban J connectivity index is 0.000000572. The number of anilines is 2. The Labute approximate surface area is 207 Å². The molecule has 3 N–H and O–H groups in total. The van der Waals surface area contributed by atoms with Crippen molar-refractivity contribution in [3.8, 4) is 0 Å². The number of hydrogen-bond donors (Lipinski definition) is 3. The van der Waals surface area contributed by atoms with Crippen LogP contribution in [0.1, 0.15) is 53.6 Å². The van der Waals surface area contributed by atoms with Gasteiger partial charge >= 0.3 is 18.1 Å². The molecule has 0 radical (unpaired) electrons. The molecule has 1 aromatic carbocycles. The molecule has 36 heavy (non-hydrogen) atoms. The molecule has 1 saturated heterocycles. The predicted molar refractivity (Wildman–Crippen MR) is 127 cm³/mol. The molecule has 9 nitrogen and oxygen atoms in total. The molecule has 2 aromatic rings. The van der Waals surface area contributed by atoms with Crippen LogP contribution in [0.25, 0.3) is 0 Å². The number of sulfonamides is 1. The summed E-state index contributed by atoms with van der Waals surface area (Å²) in [6.07, 6.45) is 1.62. The summed E-state index contributed by atoms with van der Waals surface area (Å²) < 4.78 is 60.5. The maximum atomic E-state index is 13.1. The average Bonchev–Trinajstić information content (AvgIpc) is 2.73. The van der Waals surface area contributed by atoms with E-state index >= 15 is 0 Å². The zero-order chi connectivity index (χ0) is 27.1. The lowest BCUT2D eigenvalue weighted by Crippen LogP contribution is -2.29. The summed E-state index contributed by atoms with van der Waals surface area (Å²) in [5.41, 5.74) is 1.74. The van der Waals surface area contributed by atoms with E-state index < -0.39 is 28.1 Å². The summed E-state index contributed by atoms with van der Waals surface area (Å²) in [6, 6.07) is 6.47. The van der Waals surface area contributed by atoms with Gasteiger partial charge in [-0.25, -0.2) is 23.0 Å². The zero-order valence-corrected chi connectivity index (χ0v) is 20.6. The van der Waals surface area contributed by atoms with Crippen LogP contribution in [-0.2, 0) is 14.8 Å². The van der Waals surface area contributed by atoms with Gasteiger partial charge in [-0.15, -0.1) is 0 Å². The first-order chi connectivity index (χ1) is 16.7. The van der Waals surface area contributed by atoms with E-state index in [1.165, 1.54) is 18.7 Å². The highest BCUT2D eigenvalue weighted by Crippen LogP contribution is 2.30. The Morgan fingerprint density at radius 2 is 1.56 bits per heavy atom. The highest BCUT2D eigenvalue weighted by atomic mass is 32.2. The second kappa shape index (κ2) is 12.1. The Kier molecular flexibility index (Phi) is 9.68. The fourth-order valence-electron chi connectivity index (χ4n) is 3.66. The average molecular weight is 532 g/mol. The van der Waals surface area contributed by atoms with Crippen molar-refractivity contribution in [2.75, 3.05) is 22.7 Å². The van der Waals surface area contributed by atoms with Gasteiger partial charge in [-0.3, -0.25) is 4.72 Å². The molecule has 0 aliphatic carbocycles. The highest BCUT2D eigenvalue weighted by Gasteiger charge is 2.38. The lowest BCUT2D eigenvalue weighted by atomic mass is 10.1. The molecule has 0 atom stereocenters. The van der Waals surface area contributed by atoms with E-state index in [1.807, 2.05) is 11.8 Å². The van der Waals surface area contributed by atoms with Crippen molar-refractivity contribution in [2.24, 2.45) is 0 Å². The van der Waals surface area contributed by atoms with Crippen LogP contribution < -0.4 is 9.62 Å². The fraction of sp³-hybridized carbons (Fsp3) is 0.435. The number of aromatic nitrogens is 1. The van der Waals surface area contributed by atoms with E-state index in [0.29, 0.717) is 11.4 Å². The van der Waals surface area contributed by atoms with Gasteiger partial charge in [-0.2, -0.15) is 13.2 Å². The minimum Gasteiger partial charge on any atom is -0.478 e. The monoisotopic (exact) mass is 531 g/mol. The van der Waals surface area contributed by atoms with E-state index in [4.69, 9.17) is 9.90 Å². The smallest absolute Gasteiger partial charge is 0.478 e. The summed E-state index contributed by atoms with van der Waals surface area (Å²) in [7, 11) is -3.89. The SMILES string of the molecule is Cc1ccc(S(=O)(=O)Nc2cc(C(=O)O)cnc2N2CCCCCCC2)c(C)c1.O=C(O)C(F)(F)F. The van der Waals surface area contributed by atoms with Crippen LogP contribution in [-0.4, -0.2) is 54.8 Å². The van der Waals surface area contributed by atoms with Crippen molar-refractivity contribution in [3.63, 3.8) is 0 Å². The summed E-state index contributed by atoms with van der Waals surface area (Å²) in [5, 5.41) is 16.5. The largest absolute Gasteiger partial charge is 0.490 e. The Bertz CT molecular complexity index is 1190. The maximum absolute atomic E-state index is 13.1. The minimum atomic E-state index is -5.08. The van der Waals surface area contributed by atoms with Gasteiger partial charge in [0.05, 0.1) is 16.1 Å². The molecule has 2 heterocycles. The molecule has 198 valence electrons. The molecule has 1 aliphatic heterocycles. The van der Waals surface area contributed by atoms with Crippen molar-refractivity contribution in [1.29, 1.82) is 0 Å². The second-order valence-corrected chi connectivity index (χ2v) is 9.98. The molecule has 0 saturated carbocycles. The normalized spacial score (nSPS) is 14.6. The molecule has 0 spiro atoms. The highest BCUT2D eigenvalue weighted by molar-refractivity contribution is 7.92.